The van der Waals surface area contributed by atoms with Crippen molar-refractivity contribution in [3.63, 3.8) is 0 Å². The number of benzene rings is 2. The number of carbonyl (C=O) groups excluding carboxylic acids is 2. The number of carbonyl (C=O) groups is 2. The first-order chi connectivity index (χ1) is 12.8. The number of rotatable bonds is 7. The molecule has 0 aliphatic carbocycles. The van der Waals surface area contributed by atoms with Crippen molar-refractivity contribution in [1.82, 2.24) is 5.32 Å². The summed E-state index contributed by atoms with van der Waals surface area (Å²) < 4.78 is 67.8. The third kappa shape index (κ3) is 5.94. The van der Waals surface area contributed by atoms with Gasteiger partial charge in [-0.05, 0) is 24.3 Å². The van der Waals surface area contributed by atoms with E-state index in [1.807, 2.05) is 0 Å². The first kappa shape index (κ1) is 20.1. The Balaban J connectivity index is 1.84. The van der Waals surface area contributed by atoms with Gasteiger partial charge in [0.05, 0.1) is 5.56 Å². The van der Waals surface area contributed by atoms with E-state index in [2.05, 4.69) is 15.4 Å². The maximum Gasteiger partial charge on any atom is 0.387 e. The molecule has 0 heterocycles. The molecule has 0 radical (unpaired) electrons. The predicted molar refractivity (Wildman–Crippen MR) is 85.0 cm³/mol. The maximum atomic E-state index is 13.5. The van der Waals surface area contributed by atoms with E-state index in [9.17, 15) is 31.5 Å². The third-order valence-corrected chi connectivity index (χ3v) is 3.25. The average molecular weight is 388 g/mol. The zero-order chi connectivity index (χ0) is 20.0. The quantitative estimate of drug-likeness (QED) is 0.714. The van der Waals surface area contributed by atoms with Gasteiger partial charge in [-0.2, -0.15) is 8.78 Å². The summed E-state index contributed by atoms with van der Waals surface area (Å²) in [4.78, 5) is 23.5. The largest absolute Gasteiger partial charge is 0.432 e. The van der Waals surface area contributed by atoms with Crippen molar-refractivity contribution in [1.29, 1.82) is 0 Å². The van der Waals surface area contributed by atoms with Crippen LogP contribution >= 0.6 is 0 Å². The summed E-state index contributed by atoms with van der Waals surface area (Å²) >= 11 is 0. The van der Waals surface area contributed by atoms with Crippen LogP contribution in [0.1, 0.15) is 16.8 Å². The molecule has 27 heavy (non-hydrogen) atoms. The predicted octanol–water partition coefficient (Wildman–Crippen LogP) is 3.46. The van der Waals surface area contributed by atoms with Crippen LogP contribution in [-0.4, -0.2) is 25.0 Å². The van der Waals surface area contributed by atoms with Crippen molar-refractivity contribution >= 4 is 17.5 Å². The minimum absolute atomic E-state index is 0.00461. The Labute approximate surface area is 150 Å². The number of amides is 2. The van der Waals surface area contributed by atoms with Crippen LogP contribution in [-0.2, 0) is 4.79 Å². The second-order valence-electron chi connectivity index (χ2n) is 5.20. The van der Waals surface area contributed by atoms with Crippen molar-refractivity contribution in [2.24, 2.45) is 0 Å². The molecule has 0 saturated carbocycles. The van der Waals surface area contributed by atoms with Crippen molar-refractivity contribution in [2.75, 3.05) is 11.9 Å². The molecule has 0 unspecified atom stereocenters. The molecular weight excluding hydrogens is 375 g/mol. The van der Waals surface area contributed by atoms with Gasteiger partial charge in [-0.15, -0.1) is 0 Å². The molecule has 0 atom stereocenters. The molecule has 2 amide bonds. The Morgan fingerprint density at radius 1 is 1.00 bits per heavy atom. The molecule has 144 valence electrons. The van der Waals surface area contributed by atoms with Crippen molar-refractivity contribution in [2.45, 2.75) is 13.0 Å². The Morgan fingerprint density at radius 3 is 2.37 bits per heavy atom. The minimum atomic E-state index is -3.19. The van der Waals surface area contributed by atoms with Crippen LogP contribution in [0.25, 0.3) is 0 Å². The van der Waals surface area contributed by atoms with Crippen molar-refractivity contribution in [3.05, 3.63) is 59.4 Å². The lowest BCUT2D eigenvalue weighted by atomic mass is 10.2. The Hall–Kier alpha value is -3.17. The van der Waals surface area contributed by atoms with Gasteiger partial charge in [0.1, 0.15) is 11.6 Å². The van der Waals surface area contributed by atoms with Gasteiger partial charge in [0, 0.05) is 30.8 Å². The molecule has 0 fully saturated rings. The van der Waals surface area contributed by atoms with E-state index >= 15 is 0 Å². The van der Waals surface area contributed by atoms with E-state index in [0.29, 0.717) is 6.07 Å². The third-order valence-electron chi connectivity index (χ3n) is 3.25. The number of hydrogen-bond donors (Lipinski definition) is 2. The normalized spacial score (nSPS) is 10.6. The number of halogens is 5. The highest BCUT2D eigenvalue weighted by Crippen LogP contribution is 2.22. The van der Waals surface area contributed by atoms with Crippen LogP contribution in [0.4, 0.5) is 27.6 Å². The van der Waals surface area contributed by atoms with E-state index in [4.69, 9.17) is 0 Å². The van der Waals surface area contributed by atoms with Gasteiger partial charge in [-0.3, -0.25) is 9.59 Å². The fourth-order valence-electron chi connectivity index (χ4n) is 2.05. The number of ether oxygens (including phenoxy) is 1. The Bertz CT molecular complexity index is 845. The maximum absolute atomic E-state index is 13.5. The fraction of sp³-hybridized carbons (Fsp3) is 0.176. The highest BCUT2D eigenvalue weighted by Gasteiger charge is 2.14. The molecule has 0 aliphatic heterocycles. The summed E-state index contributed by atoms with van der Waals surface area (Å²) in [6.45, 7) is -3.36. The lowest BCUT2D eigenvalue weighted by Gasteiger charge is -2.09. The summed E-state index contributed by atoms with van der Waals surface area (Å²) in [5, 5.41) is 4.58. The summed E-state index contributed by atoms with van der Waals surface area (Å²) in [5.74, 6) is -5.08. The van der Waals surface area contributed by atoms with Crippen LogP contribution < -0.4 is 15.4 Å². The molecule has 2 rings (SSSR count). The topological polar surface area (TPSA) is 67.4 Å². The number of anilines is 1. The van der Waals surface area contributed by atoms with Crippen LogP contribution in [0.2, 0.25) is 0 Å². The van der Waals surface area contributed by atoms with Crippen LogP contribution in [0.3, 0.4) is 0 Å². The van der Waals surface area contributed by atoms with E-state index in [-0.39, 0.29) is 24.2 Å². The SMILES string of the molecule is O=C(CCNC(=O)c1ccc(F)cc1F)Nc1ccc(OC(F)F)c(F)c1. The summed E-state index contributed by atoms with van der Waals surface area (Å²) in [6, 6.07) is 5.31. The molecule has 2 N–H and O–H groups in total. The standard InChI is InChI=1S/C17H13F5N2O3/c18-9-1-3-11(12(19)7-9)16(26)23-6-5-15(25)24-10-2-4-14(13(20)8-10)27-17(21)22/h1-4,7-8,17H,5-6H2,(H,23,26)(H,24,25). The van der Waals surface area contributed by atoms with Crippen LogP contribution in [0.15, 0.2) is 36.4 Å². The lowest BCUT2D eigenvalue weighted by molar-refractivity contribution is -0.116. The van der Waals surface area contributed by atoms with E-state index in [1.54, 1.807) is 0 Å². The van der Waals surface area contributed by atoms with Crippen molar-refractivity contribution < 1.29 is 36.3 Å². The molecule has 2 aromatic rings. The Kier molecular flexibility index (Phi) is 6.69. The van der Waals surface area contributed by atoms with Crippen LogP contribution in [0.5, 0.6) is 5.75 Å². The van der Waals surface area contributed by atoms with E-state index in [0.717, 1.165) is 30.3 Å². The molecule has 0 bridgehead atoms. The van der Waals surface area contributed by atoms with Crippen molar-refractivity contribution in [3.8, 4) is 5.75 Å². The summed E-state index contributed by atoms with van der Waals surface area (Å²) in [6.07, 6.45) is -0.231. The number of nitrogens with one attached hydrogen (secondary N) is 2. The molecule has 10 heteroatoms. The number of alkyl halides is 2. The monoisotopic (exact) mass is 388 g/mol. The zero-order valence-corrected chi connectivity index (χ0v) is 13.6. The Morgan fingerprint density at radius 2 is 1.74 bits per heavy atom. The zero-order valence-electron chi connectivity index (χ0n) is 13.6. The minimum Gasteiger partial charge on any atom is -0.432 e. The van der Waals surface area contributed by atoms with Gasteiger partial charge in [0.15, 0.2) is 11.6 Å². The second kappa shape index (κ2) is 8.97. The average Bonchev–Trinajstić information content (AvgIpc) is 2.56. The van der Waals surface area contributed by atoms with Crippen LogP contribution in [0, 0.1) is 17.5 Å². The fourth-order valence-corrected chi connectivity index (χ4v) is 2.05. The molecule has 0 spiro atoms. The van der Waals surface area contributed by atoms with Gasteiger partial charge in [0.2, 0.25) is 5.91 Å². The second-order valence-corrected chi connectivity index (χ2v) is 5.20. The van der Waals surface area contributed by atoms with Gasteiger partial charge in [0.25, 0.3) is 5.91 Å². The molecule has 0 aromatic heterocycles. The van der Waals surface area contributed by atoms with E-state index < -0.39 is 41.6 Å². The molecular formula is C17H13F5N2O3. The summed E-state index contributed by atoms with van der Waals surface area (Å²) in [7, 11) is 0. The molecule has 0 saturated heterocycles. The highest BCUT2D eigenvalue weighted by atomic mass is 19.3. The molecule has 5 nitrogen and oxygen atoms in total. The van der Waals surface area contributed by atoms with E-state index in [1.165, 1.54) is 0 Å². The van der Waals surface area contributed by atoms with Gasteiger partial charge < -0.3 is 15.4 Å². The van der Waals surface area contributed by atoms with Gasteiger partial charge in [-0.25, -0.2) is 13.2 Å². The number of hydrogen-bond acceptors (Lipinski definition) is 3. The van der Waals surface area contributed by atoms with Gasteiger partial charge >= 0.3 is 6.61 Å². The highest BCUT2D eigenvalue weighted by molar-refractivity contribution is 5.95. The molecule has 0 aliphatic rings. The lowest BCUT2D eigenvalue weighted by Crippen LogP contribution is -2.28. The smallest absolute Gasteiger partial charge is 0.387 e. The first-order valence-corrected chi connectivity index (χ1v) is 7.53. The summed E-state index contributed by atoms with van der Waals surface area (Å²) in [5.41, 5.74) is -0.386. The first-order valence-electron chi connectivity index (χ1n) is 7.53. The molecule has 2 aromatic carbocycles. The van der Waals surface area contributed by atoms with Gasteiger partial charge in [-0.1, -0.05) is 0 Å².